The Balaban J connectivity index is 3.47. The van der Waals surface area contributed by atoms with Gasteiger partial charge in [0, 0.05) is 0 Å². The van der Waals surface area contributed by atoms with Crippen molar-refractivity contribution in [3.63, 3.8) is 0 Å². The highest BCUT2D eigenvalue weighted by molar-refractivity contribution is 9.09. The Hall–Kier alpha value is -1.41. The van der Waals surface area contributed by atoms with E-state index in [4.69, 9.17) is 5.26 Å². The molecular formula is C9H5BrFNO2. The summed E-state index contributed by atoms with van der Waals surface area (Å²) in [6.07, 6.45) is 0. The molecule has 1 aromatic rings. The van der Waals surface area contributed by atoms with Crippen molar-refractivity contribution < 1.29 is 14.3 Å². The molecule has 14 heavy (non-hydrogen) atoms. The van der Waals surface area contributed by atoms with Crippen LogP contribution < -0.4 is 0 Å². The molecule has 0 atom stereocenters. The van der Waals surface area contributed by atoms with E-state index in [0.717, 1.165) is 12.1 Å². The highest BCUT2D eigenvalue weighted by Crippen LogP contribution is 2.23. The minimum absolute atomic E-state index is 0.0952. The van der Waals surface area contributed by atoms with E-state index >= 15 is 0 Å². The lowest BCUT2D eigenvalue weighted by Crippen LogP contribution is -2.06. The van der Waals surface area contributed by atoms with Crippen molar-refractivity contribution in [2.24, 2.45) is 0 Å². The third-order valence-corrected chi connectivity index (χ3v) is 2.15. The van der Waals surface area contributed by atoms with Gasteiger partial charge in [0.25, 0.3) is 0 Å². The number of nitrogens with zero attached hydrogens (tertiary/aromatic N) is 1. The topological polar surface area (TPSA) is 61.1 Å². The lowest BCUT2D eigenvalue weighted by Gasteiger charge is -2.03. The average molecular weight is 258 g/mol. The molecular weight excluding hydrogens is 253 g/mol. The number of rotatable bonds is 2. The maximum atomic E-state index is 13.2. The van der Waals surface area contributed by atoms with E-state index in [0.29, 0.717) is 0 Å². The maximum absolute atomic E-state index is 13.2. The number of alkyl halides is 1. The molecule has 0 amide bonds. The minimum Gasteiger partial charge on any atom is -0.507 e. The standard InChI is InChI=1S/C9H5BrFNO2/c10-3-8(14)9-5(4-12)7(13)2-1-6(9)11/h1-2,13H,3H2. The van der Waals surface area contributed by atoms with Gasteiger partial charge in [-0.3, -0.25) is 4.79 Å². The van der Waals surface area contributed by atoms with E-state index in [-0.39, 0.29) is 16.5 Å². The Kier molecular flexibility index (Phi) is 3.20. The molecule has 0 bridgehead atoms. The van der Waals surface area contributed by atoms with Gasteiger partial charge in [-0.25, -0.2) is 4.39 Å². The molecule has 1 N–H and O–H groups in total. The predicted molar refractivity (Wildman–Crippen MR) is 50.9 cm³/mol. The van der Waals surface area contributed by atoms with Crippen LogP contribution >= 0.6 is 15.9 Å². The first-order valence-electron chi connectivity index (χ1n) is 3.62. The molecule has 1 aromatic carbocycles. The van der Waals surface area contributed by atoms with Crippen LogP contribution in [0.5, 0.6) is 5.75 Å². The molecule has 0 unspecified atom stereocenters. The van der Waals surface area contributed by atoms with Crippen LogP contribution in [0.2, 0.25) is 0 Å². The van der Waals surface area contributed by atoms with Crippen LogP contribution in [-0.2, 0) is 0 Å². The Labute approximate surface area is 87.9 Å². The van der Waals surface area contributed by atoms with Crippen molar-refractivity contribution in [2.45, 2.75) is 0 Å². The molecule has 0 aliphatic heterocycles. The zero-order valence-corrected chi connectivity index (χ0v) is 8.51. The van der Waals surface area contributed by atoms with Crippen molar-refractivity contribution in [1.29, 1.82) is 5.26 Å². The highest BCUT2D eigenvalue weighted by Gasteiger charge is 2.18. The van der Waals surface area contributed by atoms with E-state index in [9.17, 15) is 14.3 Å². The van der Waals surface area contributed by atoms with Gasteiger partial charge in [-0.1, -0.05) is 15.9 Å². The molecule has 5 heteroatoms. The van der Waals surface area contributed by atoms with Crippen molar-refractivity contribution in [1.82, 2.24) is 0 Å². The number of benzene rings is 1. The molecule has 0 spiro atoms. The van der Waals surface area contributed by atoms with Gasteiger partial charge in [-0.2, -0.15) is 5.26 Å². The summed E-state index contributed by atoms with van der Waals surface area (Å²) >= 11 is 2.87. The number of carbonyl (C=O) groups is 1. The summed E-state index contributed by atoms with van der Waals surface area (Å²) in [5.74, 6) is -1.77. The average Bonchev–Trinajstić information content (AvgIpc) is 2.19. The molecule has 0 saturated carbocycles. The molecule has 3 nitrogen and oxygen atoms in total. The zero-order valence-electron chi connectivity index (χ0n) is 6.92. The summed E-state index contributed by atoms with van der Waals surface area (Å²) in [5, 5.41) is 17.7. The molecule has 0 saturated heterocycles. The molecule has 0 aliphatic rings. The van der Waals surface area contributed by atoms with Crippen molar-refractivity contribution >= 4 is 21.7 Å². The number of aromatic hydroxyl groups is 1. The van der Waals surface area contributed by atoms with Gasteiger partial charge in [0.15, 0.2) is 5.78 Å². The normalized spacial score (nSPS) is 9.50. The molecule has 0 aromatic heterocycles. The number of carbonyl (C=O) groups excluding carboxylic acids is 1. The van der Waals surface area contributed by atoms with Gasteiger partial charge >= 0.3 is 0 Å². The second-order valence-electron chi connectivity index (χ2n) is 2.49. The highest BCUT2D eigenvalue weighted by atomic mass is 79.9. The number of hydrogen-bond acceptors (Lipinski definition) is 3. The summed E-state index contributed by atoms with van der Waals surface area (Å²) in [6.45, 7) is 0. The number of phenols is 1. The fourth-order valence-electron chi connectivity index (χ4n) is 1.02. The number of phenolic OH excluding ortho intramolecular Hbond substituents is 1. The predicted octanol–water partition coefficient (Wildman–Crippen LogP) is 1.98. The van der Waals surface area contributed by atoms with E-state index in [1.807, 2.05) is 0 Å². The van der Waals surface area contributed by atoms with Crippen molar-refractivity contribution in [3.8, 4) is 11.8 Å². The Bertz CT molecular complexity index is 426. The smallest absolute Gasteiger partial charge is 0.177 e. The Morgan fingerprint density at radius 2 is 2.29 bits per heavy atom. The first-order valence-corrected chi connectivity index (χ1v) is 4.74. The zero-order chi connectivity index (χ0) is 10.7. The molecule has 0 radical (unpaired) electrons. The Morgan fingerprint density at radius 3 is 2.79 bits per heavy atom. The number of hydrogen-bond donors (Lipinski definition) is 1. The first-order chi connectivity index (χ1) is 6.61. The molecule has 1 rings (SSSR count). The SMILES string of the molecule is N#Cc1c(O)ccc(F)c1C(=O)CBr. The van der Waals surface area contributed by atoms with E-state index in [1.165, 1.54) is 0 Å². The third-order valence-electron chi connectivity index (χ3n) is 1.64. The lowest BCUT2D eigenvalue weighted by atomic mass is 10.0. The summed E-state index contributed by atoms with van der Waals surface area (Å²) in [7, 11) is 0. The van der Waals surface area contributed by atoms with Gasteiger partial charge in [-0.05, 0) is 12.1 Å². The first kappa shape index (κ1) is 10.7. The number of ketones is 1. The van der Waals surface area contributed by atoms with Crippen LogP contribution in [0.3, 0.4) is 0 Å². The fourth-order valence-corrected chi connectivity index (χ4v) is 1.30. The third kappa shape index (κ3) is 1.75. The number of nitriles is 1. The number of halogens is 2. The molecule has 0 heterocycles. The van der Waals surface area contributed by atoms with E-state index < -0.39 is 17.3 Å². The lowest BCUT2D eigenvalue weighted by molar-refractivity contribution is 0.101. The van der Waals surface area contributed by atoms with Crippen LogP contribution in [0.15, 0.2) is 12.1 Å². The van der Waals surface area contributed by atoms with Gasteiger partial charge in [0.1, 0.15) is 23.2 Å². The van der Waals surface area contributed by atoms with Gasteiger partial charge < -0.3 is 5.11 Å². The van der Waals surface area contributed by atoms with Crippen molar-refractivity contribution in [2.75, 3.05) is 5.33 Å². The molecule has 0 aliphatic carbocycles. The van der Waals surface area contributed by atoms with E-state index in [1.54, 1.807) is 6.07 Å². The van der Waals surface area contributed by atoms with Crippen LogP contribution in [0, 0.1) is 17.1 Å². The minimum atomic E-state index is -0.802. The second kappa shape index (κ2) is 4.20. The monoisotopic (exact) mass is 257 g/mol. The van der Waals surface area contributed by atoms with Gasteiger partial charge in [0.2, 0.25) is 0 Å². The molecule has 72 valence electrons. The van der Waals surface area contributed by atoms with Gasteiger partial charge in [0.05, 0.1) is 10.9 Å². The van der Waals surface area contributed by atoms with Crippen LogP contribution in [0.25, 0.3) is 0 Å². The van der Waals surface area contributed by atoms with Gasteiger partial charge in [-0.15, -0.1) is 0 Å². The second-order valence-corrected chi connectivity index (χ2v) is 3.05. The van der Waals surface area contributed by atoms with Crippen LogP contribution in [-0.4, -0.2) is 16.2 Å². The summed E-state index contributed by atoms with van der Waals surface area (Å²) in [6, 6.07) is 3.58. The van der Waals surface area contributed by atoms with Crippen LogP contribution in [0.1, 0.15) is 15.9 Å². The van der Waals surface area contributed by atoms with Crippen LogP contribution in [0.4, 0.5) is 4.39 Å². The largest absolute Gasteiger partial charge is 0.507 e. The maximum Gasteiger partial charge on any atom is 0.177 e. The summed E-state index contributed by atoms with van der Waals surface area (Å²) in [5.41, 5.74) is -0.696. The Morgan fingerprint density at radius 1 is 1.64 bits per heavy atom. The quantitative estimate of drug-likeness (QED) is 0.651. The summed E-state index contributed by atoms with van der Waals surface area (Å²) in [4.78, 5) is 11.2. The molecule has 0 fully saturated rings. The fraction of sp³-hybridized carbons (Fsp3) is 0.111. The van der Waals surface area contributed by atoms with E-state index in [2.05, 4.69) is 15.9 Å². The summed E-state index contributed by atoms with van der Waals surface area (Å²) < 4.78 is 13.2. The van der Waals surface area contributed by atoms with Crippen molar-refractivity contribution in [3.05, 3.63) is 29.1 Å². The number of Topliss-reactive ketones (excluding diaryl/α,β-unsaturated/α-hetero) is 1.